The van der Waals surface area contributed by atoms with Gasteiger partial charge in [0, 0.05) is 35.2 Å². The molecule has 0 aliphatic carbocycles. The highest BCUT2D eigenvalue weighted by molar-refractivity contribution is 5.71. The van der Waals surface area contributed by atoms with Crippen molar-refractivity contribution in [1.29, 1.82) is 0 Å². The number of benzene rings is 4. The first-order valence-corrected chi connectivity index (χ1v) is 13.8. The average molecular weight is 611 g/mol. The fraction of sp³-hybridized carbons (Fsp3) is 0.176. The van der Waals surface area contributed by atoms with Gasteiger partial charge < -0.3 is 4.74 Å². The van der Waals surface area contributed by atoms with Gasteiger partial charge in [-0.1, -0.05) is 44.0 Å². The minimum absolute atomic E-state index is 0.0439. The molecule has 0 fully saturated rings. The molecule has 0 unspecified atom stereocenters. The van der Waals surface area contributed by atoms with Crippen molar-refractivity contribution < 1.29 is 35.5 Å². The Kier molecular flexibility index (Phi) is 8.98. The minimum Gasteiger partial charge on any atom is -0.429 e. The quantitative estimate of drug-likeness (QED) is 0.117. The van der Waals surface area contributed by atoms with Crippen molar-refractivity contribution in [2.45, 2.75) is 38.7 Å². The van der Waals surface area contributed by atoms with E-state index in [1.54, 1.807) is 0 Å². The number of aromatic nitrogens is 2. The van der Waals surface area contributed by atoms with E-state index in [0.717, 1.165) is 49.4 Å². The number of nitrogens with zero attached hydrogens (tertiary/aromatic N) is 2. The molecule has 0 atom stereocenters. The number of hydrogen-bond donors (Lipinski definition) is 0. The van der Waals surface area contributed by atoms with Crippen LogP contribution >= 0.6 is 0 Å². The van der Waals surface area contributed by atoms with Crippen molar-refractivity contribution in [2.24, 2.45) is 0 Å². The Hall–Kier alpha value is -4.73. The smallest absolute Gasteiger partial charge is 0.429 e. The molecule has 44 heavy (non-hydrogen) atoms. The molecule has 226 valence electrons. The van der Waals surface area contributed by atoms with E-state index in [1.807, 2.05) is 0 Å². The second-order valence-electron chi connectivity index (χ2n) is 10.1. The Morgan fingerprint density at radius 1 is 0.636 bits per heavy atom. The second-order valence-corrected chi connectivity index (χ2v) is 10.1. The Labute approximate surface area is 249 Å². The van der Waals surface area contributed by atoms with Gasteiger partial charge in [-0.2, -0.15) is 8.78 Å². The highest BCUT2D eigenvalue weighted by atomic mass is 19.3. The summed E-state index contributed by atoms with van der Waals surface area (Å²) in [5.74, 6) is -6.22. The number of halogens is 7. The number of unbranched alkanes of at least 4 members (excludes halogenated alkanes) is 2. The van der Waals surface area contributed by atoms with E-state index in [1.165, 1.54) is 48.8 Å². The number of rotatable bonds is 10. The van der Waals surface area contributed by atoms with Gasteiger partial charge in [-0.25, -0.2) is 31.9 Å². The van der Waals surface area contributed by atoms with Crippen LogP contribution < -0.4 is 4.74 Å². The summed E-state index contributed by atoms with van der Waals surface area (Å²) in [6.07, 6.45) is 2.26. The largest absolute Gasteiger partial charge is 0.432 e. The fourth-order valence-electron chi connectivity index (χ4n) is 4.73. The third kappa shape index (κ3) is 6.74. The highest BCUT2D eigenvalue weighted by Crippen LogP contribution is 2.38. The first-order chi connectivity index (χ1) is 21.1. The third-order valence-corrected chi connectivity index (χ3v) is 6.99. The fourth-order valence-corrected chi connectivity index (χ4v) is 4.73. The van der Waals surface area contributed by atoms with Crippen LogP contribution in [-0.4, -0.2) is 9.97 Å². The molecule has 0 bridgehead atoms. The SMILES string of the molecule is CCCCCc1cnc(-c2cc(F)c(C(F)(F)Oc3ccc(-c4ccc(-c5ccc(F)cc5)c(F)c4)c(F)c3)c(F)c2)nc1. The van der Waals surface area contributed by atoms with Crippen LogP contribution in [-0.2, 0) is 12.5 Å². The monoisotopic (exact) mass is 610 g/mol. The summed E-state index contributed by atoms with van der Waals surface area (Å²) in [5.41, 5.74) is -0.470. The molecule has 0 spiro atoms. The summed E-state index contributed by atoms with van der Waals surface area (Å²) in [5, 5.41) is 0. The van der Waals surface area contributed by atoms with E-state index in [2.05, 4.69) is 21.6 Å². The number of hydrogen-bond acceptors (Lipinski definition) is 3. The van der Waals surface area contributed by atoms with Crippen LogP contribution in [0.25, 0.3) is 33.6 Å². The van der Waals surface area contributed by atoms with Crippen LogP contribution in [0.4, 0.5) is 30.7 Å². The number of alkyl halides is 2. The van der Waals surface area contributed by atoms with Gasteiger partial charge in [0.25, 0.3) is 0 Å². The van der Waals surface area contributed by atoms with E-state index in [0.29, 0.717) is 23.8 Å². The molecule has 0 amide bonds. The molecule has 1 heterocycles. The topological polar surface area (TPSA) is 35.0 Å². The zero-order valence-electron chi connectivity index (χ0n) is 23.4. The van der Waals surface area contributed by atoms with Crippen molar-refractivity contribution in [3.63, 3.8) is 0 Å². The summed E-state index contributed by atoms with van der Waals surface area (Å²) in [4.78, 5) is 8.20. The molecule has 1 aromatic heterocycles. The third-order valence-electron chi connectivity index (χ3n) is 6.99. The lowest BCUT2D eigenvalue weighted by Gasteiger charge is -2.20. The van der Waals surface area contributed by atoms with E-state index >= 15 is 8.78 Å². The van der Waals surface area contributed by atoms with Gasteiger partial charge in [0.2, 0.25) is 0 Å². The summed E-state index contributed by atoms with van der Waals surface area (Å²) in [6, 6.07) is 13.0. The Bertz CT molecular complexity index is 1750. The van der Waals surface area contributed by atoms with E-state index < -0.39 is 46.5 Å². The van der Waals surface area contributed by atoms with E-state index in [9.17, 15) is 22.0 Å². The summed E-state index contributed by atoms with van der Waals surface area (Å²) in [6.45, 7) is 2.07. The van der Waals surface area contributed by atoms with Crippen molar-refractivity contribution in [2.75, 3.05) is 0 Å². The van der Waals surface area contributed by atoms with Crippen LogP contribution in [0.1, 0.15) is 37.3 Å². The Balaban J connectivity index is 1.34. The molecule has 0 aliphatic rings. The average Bonchev–Trinajstić information content (AvgIpc) is 2.97. The summed E-state index contributed by atoms with van der Waals surface area (Å²) < 4.78 is 107. The summed E-state index contributed by atoms with van der Waals surface area (Å²) in [7, 11) is 0. The van der Waals surface area contributed by atoms with Gasteiger partial charge in [0.05, 0.1) is 0 Å². The molecular weight excluding hydrogens is 585 g/mol. The molecule has 0 saturated carbocycles. The van der Waals surface area contributed by atoms with Crippen LogP contribution in [0.15, 0.2) is 85.2 Å². The summed E-state index contributed by atoms with van der Waals surface area (Å²) >= 11 is 0. The molecular formula is C34H25F7N2O. The van der Waals surface area contributed by atoms with Crippen LogP contribution in [0.3, 0.4) is 0 Å². The normalized spacial score (nSPS) is 11.5. The van der Waals surface area contributed by atoms with Crippen LogP contribution in [0.2, 0.25) is 0 Å². The van der Waals surface area contributed by atoms with Crippen molar-refractivity contribution in [3.05, 3.63) is 125 Å². The van der Waals surface area contributed by atoms with Crippen LogP contribution in [0, 0.1) is 29.1 Å². The minimum atomic E-state index is -4.52. The lowest BCUT2D eigenvalue weighted by atomic mass is 9.99. The molecule has 5 rings (SSSR count). The number of ether oxygens (including phenoxy) is 1. The van der Waals surface area contributed by atoms with E-state index in [-0.39, 0.29) is 28.1 Å². The van der Waals surface area contributed by atoms with E-state index in [4.69, 9.17) is 0 Å². The van der Waals surface area contributed by atoms with Gasteiger partial charge in [0.15, 0.2) is 5.82 Å². The lowest BCUT2D eigenvalue weighted by molar-refractivity contribution is -0.189. The maximum Gasteiger partial charge on any atom is 0.432 e. The predicted molar refractivity (Wildman–Crippen MR) is 152 cm³/mol. The van der Waals surface area contributed by atoms with Crippen molar-refractivity contribution in [1.82, 2.24) is 9.97 Å². The van der Waals surface area contributed by atoms with Crippen molar-refractivity contribution >= 4 is 0 Å². The zero-order chi connectivity index (χ0) is 31.4. The van der Waals surface area contributed by atoms with Gasteiger partial charge >= 0.3 is 6.11 Å². The molecule has 0 saturated heterocycles. The zero-order valence-corrected chi connectivity index (χ0v) is 23.4. The maximum absolute atomic E-state index is 15.0. The second kappa shape index (κ2) is 12.9. The van der Waals surface area contributed by atoms with Gasteiger partial charge in [-0.15, -0.1) is 0 Å². The van der Waals surface area contributed by atoms with Gasteiger partial charge in [0.1, 0.15) is 40.4 Å². The molecule has 4 aromatic carbocycles. The highest BCUT2D eigenvalue weighted by Gasteiger charge is 2.41. The first-order valence-electron chi connectivity index (χ1n) is 13.8. The molecule has 10 heteroatoms. The Morgan fingerprint density at radius 2 is 1.20 bits per heavy atom. The molecule has 0 aliphatic heterocycles. The number of aryl methyl sites for hydroxylation is 1. The first kappa shape index (κ1) is 30.7. The Morgan fingerprint density at radius 3 is 1.82 bits per heavy atom. The molecule has 0 N–H and O–H groups in total. The lowest BCUT2D eigenvalue weighted by Crippen LogP contribution is -2.25. The molecule has 0 radical (unpaired) electrons. The standard InChI is InChI=1S/C34H25F7N2O/c1-2-3-4-5-20-18-42-33(43-19-20)23-15-30(38)32(31(39)16-23)34(40,41)44-25-11-13-27(29(37)17-25)22-8-12-26(28(36)14-22)21-6-9-24(35)10-7-21/h6-19H,2-5H2,1H3. The predicted octanol–water partition coefficient (Wildman–Crippen LogP) is 10.0. The maximum atomic E-state index is 15.0. The van der Waals surface area contributed by atoms with Gasteiger partial charge in [-0.05, 0) is 72.0 Å². The molecule has 5 aromatic rings. The van der Waals surface area contributed by atoms with Crippen molar-refractivity contribution in [3.8, 4) is 39.4 Å². The van der Waals surface area contributed by atoms with Crippen LogP contribution in [0.5, 0.6) is 5.75 Å². The van der Waals surface area contributed by atoms with Gasteiger partial charge in [-0.3, -0.25) is 0 Å². The molecule has 3 nitrogen and oxygen atoms in total.